The Kier molecular flexibility index (Phi) is 5.58. The van der Waals surface area contributed by atoms with Gasteiger partial charge in [-0.3, -0.25) is 0 Å². The summed E-state index contributed by atoms with van der Waals surface area (Å²) in [5.41, 5.74) is 0.837. The lowest BCUT2D eigenvalue weighted by Gasteiger charge is -1.96. The van der Waals surface area contributed by atoms with Gasteiger partial charge in [-0.25, -0.2) is 4.99 Å². The molecule has 0 radical (unpaired) electrons. The van der Waals surface area contributed by atoms with Gasteiger partial charge in [0.15, 0.2) is 0 Å². The molecule has 0 N–H and O–H groups in total. The van der Waals surface area contributed by atoms with Crippen molar-refractivity contribution in [2.45, 2.75) is 4.90 Å². The number of benzene rings is 2. The minimum Gasteiger partial charge on any atom is -0.242 e. The van der Waals surface area contributed by atoms with E-state index in [1.807, 2.05) is 53.9 Å². The number of thiol groups is 1. The first-order valence-electron chi connectivity index (χ1n) is 5.65. The van der Waals surface area contributed by atoms with Gasteiger partial charge < -0.3 is 0 Å². The molecule has 2 aromatic rings. The van der Waals surface area contributed by atoms with Crippen LogP contribution in [0.5, 0.6) is 0 Å². The second kappa shape index (κ2) is 7.43. The van der Waals surface area contributed by atoms with Gasteiger partial charge in [0, 0.05) is 9.92 Å². The predicted molar refractivity (Wildman–Crippen MR) is 89.0 cm³/mol. The van der Waals surface area contributed by atoms with Crippen LogP contribution in [0.4, 0.5) is 5.69 Å². The first-order valence-corrected chi connectivity index (χ1v) is 7.36. The van der Waals surface area contributed by atoms with Gasteiger partial charge in [-0.05, 0) is 47.9 Å². The van der Waals surface area contributed by atoms with Crippen LogP contribution >= 0.6 is 36.0 Å². The summed E-state index contributed by atoms with van der Waals surface area (Å²) in [4.78, 5) is 5.54. The van der Waals surface area contributed by atoms with Gasteiger partial charge in [-0.15, -0.1) is 12.6 Å². The molecular weight excluding hydrogens is 294 g/mol. The molecular formula is C15H12ClNS2. The molecule has 1 nitrogen and oxygen atoms in total. The molecule has 0 saturated heterocycles. The molecule has 0 aliphatic rings. The molecule has 0 saturated carbocycles. The first-order chi connectivity index (χ1) is 9.24. The summed E-state index contributed by atoms with van der Waals surface area (Å²) >= 11 is 11.8. The Morgan fingerprint density at radius 3 is 2.42 bits per heavy atom. The number of hydrogen-bond donors (Lipinski definition) is 1. The van der Waals surface area contributed by atoms with Crippen LogP contribution in [0.15, 0.2) is 76.0 Å². The smallest absolute Gasteiger partial charge is 0.0941 e. The van der Waals surface area contributed by atoms with Crippen LogP contribution in [0.25, 0.3) is 0 Å². The SMILES string of the molecule is SC(C=CSc1ccccc1)=Nc1ccc(Cl)cc1. The summed E-state index contributed by atoms with van der Waals surface area (Å²) < 4.78 is 0. The fourth-order valence-electron chi connectivity index (χ4n) is 1.36. The molecule has 19 heavy (non-hydrogen) atoms. The van der Waals surface area contributed by atoms with Crippen LogP contribution in [0, 0.1) is 0 Å². The monoisotopic (exact) mass is 305 g/mol. The Hall–Kier alpha value is -1.16. The lowest BCUT2D eigenvalue weighted by Crippen LogP contribution is -1.78. The van der Waals surface area contributed by atoms with Crippen LogP contribution in [-0.4, -0.2) is 5.04 Å². The fraction of sp³-hybridized carbons (Fsp3) is 0. The molecule has 4 heteroatoms. The molecule has 0 aliphatic carbocycles. The summed E-state index contributed by atoms with van der Waals surface area (Å²) in [5, 5.41) is 3.33. The van der Waals surface area contributed by atoms with E-state index in [2.05, 4.69) is 29.8 Å². The average molecular weight is 306 g/mol. The Morgan fingerprint density at radius 1 is 1.05 bits per heavy atom. The van der Waals surface area contributed by atoms with Crippen LogP contribution < -0.4 is 0 Å². The van der Waals surface area contributed by atoms with E-state index in [1.165, 1.54) is 4.90 Å². The number of aliphatic imine (C=N–C) groups is 1. The van der Waals surface area contributed by atoms with Crippen LogP contribution in [-0.2, 0) is 0 Å². The maximum Gasteiger partial charge on any atom is 0.0941 e. The predicted octanol–water partition coefficient (Wildman–Crippen LogP) is 5.61. The quantitative estimate of drug-likeness (QED) is 0.335. The van der Waals surface area contributed by atoms with Crippen molar-refractivity contribution in [2.24, 2.45) is 4.99 Å². The molecule has 0 aromatic heterocycles. The molecule has 96 valence electrons. The highest BCUT2D eigenvalue weighted by Crippen LogP contribution is 2.20. The summed E-state index contributed by atoms with van der Waals surface area (Å²) in [6.45, 7) is 0. The van der Waals surface area contributed by atoms with E-state index in [0.717, 1.165) is 5.69 Å². The molecule has 0 aliphatic heterocycles. The molecule has 2 rings (SSSR count). The third-order valence-electron chi connectivity index (χ3n) is 2.23. The highest BCUT2D eigenvalue weighted by atomic mass is 35.5. The Morgan fingerprint density at radius 2 is 1.74 bits per heavy atom. The largest absolute Gasteiger partial charge is 0.242 e. The van der Waals surface area contributed by atoms with Crippen molar-refractivity contribution in [3.8, 4) is 0 Å². The molecule has 0 fully saturated rings. The number of halogens is 1. The number of hydrogen-bond acceptors (Lipinski definition) is 2. The normalized spacial score (nSPS) is 12.0. The van der Waals surface area contributed by atoms with E-state index in [4.69, 9.17) is 11.6 Å². The van der Waals surface area contributed by atoms with Crippen molar-refractivity contribution in [1.29, 1.82) is 0 Å². The third-order valence-corrected chi connectivity index (χ3v) is 3.55. The zero-order valence-corrected chi connectivity index (χ0v) is 12.5. The summed E-state index contributed by atoms with van der Waals surface area (Å²) in [6, 6.07) is 17.5. The number of thioether (sulfide) groups is 1. The second-order valence-electron chi connectivity index (χ2n) is 3.68. The lowest BCUT2D eigenvalue weighted by atomic mass is 10.3. The van der Waals surface area contributed by atoms with Crippen molar-refractivity contribution in [2.75, 3.05) is 0 Å². The van der Waals surface area contributed by atoms with Gasteiger partial charge in [-0.2, -0.15) is 0 Å². The van der Waals surface area contributed by atoms with Gasteiger partial charge in [0.05, 0.1) is 10.7 Å². The molecule has 0 unspecified atom stereocenters. The summed E-state index contributed by atoms with van der Waals surface area (Å²) in [7, 11) is 0. The number of rotatable bonds is 4. The van der Waals surface area contributed by atoms with Gasteiger partial charge in [0.1, 0.15) is 0 Å². The molecule has 0 atom stereocenters. The van der Waals surface area contributed by atoms with E-state index >= 15 is 0 Å². The summed E-state index contributed by atoms with van der Waals surface area (Å²) in [6.07, 6.45) is 1.87. The van der Waals surface area contributed by atoms with E-state index in [-0.39, 0.29) is 0 Å². The van der Waals surface area contributed by atoms with Crippen molar-refractivity contribution >= 4 is 46.7 Å². The number of nitrogens with zero attached hydrogens (tertiary/aromatic N) is 1. The molecule has 0 amide bonds. The maximum atomic E-state index is 5.81. The first kappa shape index (κ1) is 14.3. The molecule has 2 aromatic carbocycles. The van der Waals surface area contributed by atoms with Crippen molar-refractivity contribution in [3.05, 3.63) is 71.1 Å². The van der Waals surface area contributed by atoms with Gasteiger partial charge in [-0.1, -0.05) is 41.6 Å². The van der Waals surface area contributed by atoms with E-state index in [9.17, 15) is 0 Å². The average Bonchev–Trinajstić information content (AvgIpc) is 2.43. The van der Waals surface area contributed by atoms with E-state index in [0.29, 0.717) is 10.1 Å². The topological polar surface area (TPSA) is 12.4 Å². The van der Waals surface area contributed by atoms with Gasteiger partial charge in [0.2, 0.25) is 0 Å². The van der Waals surface area contributed by atoms with E-state index in [1.54, 1.807) is 11.8 Å². The molecule has 0 spiro atoms. The van der Waals surface area contributed by atoms with Crippen LogP contribution in [0.2, 0.25) is 5.02 Å². The maximum absolute atomic E-state index is 5.81. The van der Waals surface area contributed by atoms with Crippen molar-refractivity contribution in [1.82, 2.24) is 0 Å². The van der Waals surface area contributed by atoms with Crippen LogP contribution in [0.1, 0.15) is 0 Å². The van der Waals surface area contributed by atoms with E-state index < -0.39 is 0 Å². The van der Waals surface area contributed by atoms with Gasteiger partial charge >= 0.3 is 0 Å². The highest BCUT2D eigenvalue weighted by molar-refractivity contribution is 8.02. The Balaban J connectivity index is 1.96. The van der Waals surface area contributed by atoms with Crippen LogP contribution in [0.3, 0.4) is 0 Å². The minimum absolute atomic E-state index is 0.658. The highest BCUT2D eigenvalue weighted by Gasteiger charge is 1.92. The lowest BCUT2D eigenvalue weighted by molar-refractivity contribution is 1.47. The Bertz CT molecular complexity index is 577. The minimum atomic E-state index is 0.658. The zero-order valence-electron chi connectivity index (χ0n) is 10.0. The zero-order chi connectivity index (χ0) is 13.5. The third kappa shape index (κ3) is 5.15. The standard InChI is InChI=1S/C15H12ClNS2/c16-12-6-8-13(9-7-12)17-15(18)10-11-19-14-4-2-1-3-5-14/h1-11H,(H,17,18). The molecule has 0 heterocycles. The Labute approximate surface area is 127 Å². The molecule has 0 bridgehead atoms. The van der Waals surface area contributed by atoms with Crippen molar-refractivity contribution in [3.63, 3.8) is 0 Å². The van der Waals surface area contributed by atoms with Crippen molar-refractivity contribution < 1.29 is 0 Å². The van der Waals surface area contributed by atoms with Gasteiger partial charge in [0.25, 0.3) is 0 Å². The fourth-order valence-corrected chi connectivity index (χ4v) is 2.44. The second-order valence-corrected chi connectivity index (χ2v) is 5.55. The summed E-state index contributed by atoms with van der Waals surface area (Å²) in [5.74, 6) is 0.